The summed E-state index contributed by atoms with van der Waals surface area (Å²) in [7, 11) is 3.42. The summed E-state index contributed by atoms with van der Waals surface area (Å²) >= 11 is 0. The van der Waals surface area contributed by atoms with Crippen molar-refractivity contribution >= 4 is 11.9 Å². The maximum absolute atomic E-state index is 14.2. The van der Waals surface area contributed by atoms with Crippen LogP contribution in [-0.4, -0.2) is 51.5 Å². The topological polar surface area (TPSA) is 71.3 Å². The van der Waals surface area contributed by atoms with Gasteiger partial charge in [0.2, 0.25) is 5.95 Å². The van der Waals surface area contributed by atoms with Gasteiger partial charge in [-0.2, -0.15) is 0 Å². The second kappa shape index (κ2) is 7.72. The maximum Gasteiger partial charge on any atom is 0.255 e. The van der Waals surface area contributed by atoms with E-state index in [1.54, 1.807) is 11.9 Å². The number of benzene rings is 1. The van der Waals surface area contributed by atoms with Gasteiger partial charge in [0, 0.05) is 68.5 Å². The van der Waals surface area contributed by atoms with E-state index in [-0.39, 0.29) is 46.2 Å². The fraction of sp³-hybridized carbons (Fsp3) is 0.304. The normalized spacial score (nSPS) is 21.1. The second-order valence-corrected chi connectivity index (χ2v) is 8.46. The fourth-order valence-corrected chi connectivity index (χ4v) is 4.74. The van der Waals surface area contributed by atoms with Crippen molar-refractivity contribution in [1.29, 1.82) is 0 Å². The first-order chi connectivity index (χ1) is 15.8. The molecule has 0 radical (unpaired) electrons. The average Bonchev–Trinajstić information content (AvgIpc) is 3.29. The van der Waals surface area contributed by atoms with E-state index in [2.05, 4.69) is 9.97 Å². The van der Waals surface area contributed by atoms with Gasteiger partial charge in [0.05, 0.1) is 11.9 Å². The predicted octanol–water partition coefficient (Wildman–Crippen LogP) is 2.47. The Kier molecular flexibility index (Phi) is 4.95. The van der Waals surface area contributed by atoms with Gasteiger partial charge in [-0.15, -0.1) is 0 Å². The van der Waals surface area contributed by atoms with E-state index < -0.39 is 17.5 Å². The first-order valence-corrected chi connectivity index (χ1v) is 10.4. The van der Waals surface area contributed by atoms with Crippen LogP contribution in [-0.2, 0) is 7.05 Å². The lowest BCUT2D eigenvalue weighted by Gasteiger charge is -2.26. The minimum atomic E-state index is -1.06. The molecule has 3 atom stereocenters. The van der Waals surface area contributed by atoms with E-state index in [1.807, 2.05) is 11.9 Å². The fourth-order valence-electron chi connectivity index (χ4n) is 4.74. The van der Waals surface area contributed by atoms with Crippen molar-refractivity contribution in [2.24, 2.45) is 18.9 Å². The third-order valence-electron chi connectivity index (χ3n) is 6.52. The van der Waals surface area contributed by atoms with E-state index in [4.69, 9.17) is 0 Å². The van der Waals surface area contributed by atoms with Crippen molar-refractivity contribution in [3.63, 3.8) is 0 Å². The number of aromatic nitrogens is 3. The number of fused-ring (bicyclic) bond motifs is 1. The number of piperidine rings is 1. The van der Waals surface area contributed by atoms with Gasteiger partial charge >= 0.3 is 0 Å². The summed E-state index contributed by atoms with van der Waals surface area (Å²) in [6.45, 7) is 0.925. The summed E-state index contributed by atoms with van der Waals surface area (Å²) in [6.07, 6.45) is 2.51. The van der Waals surface area contributed by atoms with Crippen LogP contribution < -0.4 is 10.5 Å². The largest absolute Gasteiger partial charge is 0.342 e. The van der Waals surface area contributed by atoms with Gasteiger partial charge in [0.25, 0.3) is 11.5 Å². The molecule has 1 aliphatic heterocycles. The number of anilines is 1. The molecule has 1 aliphatic carbocycles. The molecule has 170 valence electrons. The third kappa shape index (κ3) is 3.55. The molecular weight excluding hydrogens is 435 g/mol. The summed E-state index contributed by atoms with van der Waals surface area (Å²) in [6, 6.07) is 5.93. The molecule has 5 rings (SSSR count). The van der Waals surface area contributed by atoms with Gasteiger partial charge in [0.1, 0.15) is 0 Å². The molecule has 0 bridgehead atoms. The lowest BCUT2D eigenvalue weighted by atomic mass is 10.2. The van der Waals surface area contributed by atoms with Crippen LogP contribution in [0.1, 0.15) is 10.4 Å². The van der Waals surface area contributed by atoms with Gasteiger partial charge in [0.15, 0.2) is 17.5 Å². The number of pyridine rings is 1. The lowest BCUT2D eigenvalue weighted by Crippen LogP contribution is -2.38. The van der Waals surface area contributed by atoms with E-state index in [0.717, 1.165) is 18.3 Å². The first-order valence-electron chi connectivity index (χ1n) is 10.4. The Morgan fingerprint density at radius 1 is 1.06 bits per heavy atom. The molecule has 1 amide bonds. The van der Waals surface area contributed by atoms with Crippen LogP contribution in [0.25, 0.3) is 11.3 Å². The highest BCUT2D eigenvalue weighted by Crippen LogP contribution is 2.49. The predicted molar refractivity (Wildman–Crippen MR) is 114 cm³/mol. The molecule has 2 aliphatic rings. The number of halogens is 3. The number of carbonyl (C=O) groups is 1. The molecule has 0 N–H and O–H groups in total. The number of hydrogen-bond acceptors (Lipinski definition) is 5. The second-order valence-electron chi connectivity index (χ2n) is 8.46. The molecule has 33 heavy (non-hydrogen) atoms. The minimum absolute atomic E-state index is 0.0506. The SMILES string of the molecule is CN(c1nc(-c2ccncc2F)cc(=O)n1C)[C@H]1[C@@H]2CN(C(=O)c3ccc(F)c(F)c3)C[C@@H]21. The van der Waals surface area contributed by atoms with Gasteiger partial charge < -0.3 is 9.80 Å². The van der Waals surface area contributed by atoms with Crippen LogP contribution >= 0.6 is 0 Å². The quantitative estimate of drug-likeness (QED) is 0.605. The van der Waals surface area contributed by atoms with Crippen LogP contribution in [0.5, 0.6) is 0 Å². The van der Waals surface area contributed by atoms with Crippen molar-refractivity contribution in [1.82, 2.24) is 19.4 Å². The number of carbonyl (C=O) groups excluding carboxylic acids is 1. The molecule has 3 aromatic rings. The molecule has 1 saturated heterocycles. The standard InChI is InChI=1S/C23H20F3N5O2/c1-29-20(32)8-19(13-5-6-27-9-18(13)26)28-23(29)30(2)21-14-10-31(11-15(14)21)22(33)12-3-4-16(24)17(25)7-12/h3-9,14-15,21H,10-11H2,1-2H3/t14-,15+,21+. The third-order valence-corrected chi connectivity index (χ3v) is 6.52. The van der Waals surface area contributed by atoms with Gasteiger partial charge in [-0.05, 0) is 24.3 Å². The van der Waals surface area contributed by atoms with Crippen LogP contribution in [0.3, 0.4) is 0 Å². The highest BCUT2D eigenvalue weighted by molar-refractivity contribution is 5.94. The minimum Gasteiger partial charge on any atom is -0.342 e. The highest BCUT2D eigenvalue weighted by Gasteiger charge is 2.59. The van der Waals surface area contributed by atoms with E-state index >= 15 is 0 Å². The van der Waals surface area contributed by atoms with Gasteiger partial charge in [-0.3, -0.25) is 19.1 Å². The van der Waals surface area contributed by atoms with Crippen LogP contribution in [0.4, 0.5) is 19.1 Å². The van der Waals surface area contributed by atoms with E-state index in [9.17, 15) is 22.8 Å². The van der Waals surface area contributed by atoms with Gasteiger partial charge in [-0.1, -0.05) is 0 Å². The number of likely N-dealkylation sites (tertiary alicyclic amines) is 1. The first kappa shape index (κ1) is 21.2. The smallest absolute Gasteiger partial charge is 0.255 e. The Morgan fingerprint density at radius 3 is 2.45 bits per heavy atom. The van der Waals surface area contributed by atoms with Crippen molar-refractivity contribution in [2.75, 3.05) is 25.0 Å². The lowest BCUT2D eigenvalue weighted by molar-refractivity contribution is 0.0772. The summed E-state index contributed by atoms with van der Waals surface area (Å²) in [4.78, 5) is 37.0. The Morgan fingerprint density at radius 2 is 1.79 bits per heavy atom. The van der Waals surface area contributed by atoms with Crippen molar-refractivity contribution in [3.05, 3.63) is 76.1 Å². The monoisotopic (exact) mass is 455 g/mol. The van der Waals surface area contributed by atoms with Crippen LogP contribution in [0.15, 0.2) is 47.5 Å². The summed E-state index contributed by atoms with van der Waals surface area (Å²) in [5.41, 5.74) is 0.202. The molecule has 0 spiro atoms. The molecule has 2 fully saturated rings. The zero-order chi connectivity index (χ0) is 23.4. The van der Waals surface area contributed by atoms with Crippen LogP contribution in [0.2, 0.25) is 0 Å². The molecule has 10 heteroatoms. The maximum atomic E-state index is 14.2. The Labute approximate surface area is 187 Å². The average molecular weight is 455 g/mol. The summed E-state index contributed by atoms with van der Waals surface area (Å²) in [5, 5.41) is 0. The molecule has 1 saturated carbocycles. The highest BCUT2D eigenvalue weighted by atomic mass is 19.2. The summed E-state index contributed by atoms with van der Waals surface area (Å²) < 4.78 is 42.3. The van der Waals surface area contributed by atoms with Gasteiger partial charge in [-0.25, -0.2) is 18.2 Å². The molecule has 1 aromatic carbocycles. The van der Waals surface area contributed by atoms with E-state index in [0.29, 0.717) is 19.0 Å². The number of rotatable bonds is 4. The van der Waals surface area contributed by atoms with Crippen molar-refractivity contribution in [3.8, 4) is 11.3 Å². The molecular formula is C23H20F3N5O2. The van der Waals surface area contributed by atoms with Crippen molar-refractivity contribution in [2.45, 2.75) is 6.04 Å². The van der Waals surface area contributed by atoms with E-state index in [1.165, 1.54) is 29.0 Å². The van der Waals surface area contributed by atoms with Crippen LogP contribution in [0, 0.1) is 29.3 Å². The summed E-state index contributed by atoms with van der Waals surface area (Å²) in [5.74, 6) is -2.26. The molecule has 0 unspecified atom stereocenters. The Bertz CT molecular complexity index is 1320. The molecule has 2 aromatic heterocycles. The zero-order valence-electron chi connectivity index (χ0n) is 17.9. The molecule has 3 heterocycles. The zero-order valence-corrected chi connectivity index (χ0v) is 17.9. The number of amides is 1. The number of nitrogens with zero attached hydrogens (tertiary/aromatic N) is 5. The number of hydrogen-bond donors (Lipinski definition) is 0. The Balaban J connectivity index is 1.34. The van der Waals surface area contributed by atoms with Crippen molar-refractivity contribution < 1.29 is 18.0 Å². The molecule has 7 nitrogen and oxygen atoms in total. The Hall–Kier alpha value is -3.69.